The highest BCUT2D eigenvalue weighted by atomic mass is 19.1. The molecular formula is C48H46F2N10O6. The summed E-state index contributed by atoms with van der Waals surface area (Å²) in [5, 5.41) is 14.1. The number of Topliss-reactive ketones (excluding diaryl/α,β-unsaturated/α-hetero) is 1. The number of nitrogens with zero attached hydrogens (tertiary/aromatic N) is 9. The lowest BCUT2D eigenvalue weighted by atomic mass is 9.83. The summed E-state index contributed by atoms with van der Waals surface area (Å²) in [6, 6.07) is 13.4. The average molecular weight is 897 g/mol. The van der Waals surface area contributed by atoms with Gasteiger partial charge in [-0.15, -0.1) is 0 Å². The van der Waals surface area contributed by atoms with Gasteiger partial charge in [-0.05, 0) is 125 Å². The summed E-state index contributed by atoms with van der Waals surface area (Å²) in [7, 11) is 1.69. The van der Waals surface area contributed by atoms with Crippen LogP contribution < -0.4 is 11.4 Å². The number of benzene rings is 3. The standard InChI is InChI=1S/C48H46F2N10O6/c1-24-16-31(17-25(2)39(24)49)60-42(57-14-13-56(46(57)64)35-11-10-34-32(40(35)50)22-51-55(34)7)38-27(4)58(23-37(61)41(38)53-60)43(62)36-19-30-18-28(29-12-15-65-47(5,6)21-29)8-9-33(30)59(36)48(20-26(48)3)44-52-45(63)66-54-44/h8-11,13-14,16-19,22,26-27,29H,12,15,20-21,23H2,1-7H3,(H,52,54,63)/t26-,27-,29-,48-/m0/s1. The van der Waals surface area contributed by atoms with Gasteiger partial charge in [0.05, 0.1) is 46.7 Å². The van der Waals surface area contributed by atoms with Gasteiger partial charge in [0.25, 0.3) is 5.91 Å². The first-order chi connectivity index (χ1) is 31.5. The Kier molecular flexibility index (Phi) is 9.05. The summed E-state index contributed by atoms with van der Waals surface area (Å²) in [5.74, 6) is -2.22. The molecule has 338 valence electrons. The lowest BCUT2D eigenvalue weighted by molar-refractivity contribution is -0.0592. The summed E-state index contributed by atoms with van der Waals surface area (Å²) in [4.78, 5) is 61.4. The minimum absolute atomic E-state index is 0.0261. The van der Waals surface area contributed by atoms with Crippen LogP contribution in [0.15, 0.2) is 81.2 Å². The van der Waals surface area contributed by atoms with Crippen molar-refractivity contribution in [2.24, 2.45) is 13.0 Å². The molecular weight excluding hydrogens is 851 g/mol. The van der Waals surface area contributed by atoms with E-state index in [0.29, 0.717) is 35.4 Å². The molecule has 4 atom stereocenters. The summed E-state index contributed by atoms with van der Waals surface area (Å²) >= 11 is 0. The van der Waals surface area contributed by atoms with E-state index in [0.717, 1.165) is 33.9 Å². The number of halogens is 2. The van der Waals surface area contributed by atoms with E-state index in [4.69, 9.17) is 14.4 Å². The highest BCUT2D eigenvalue weighted by Gasteiger charge is 2.59. The molecule has 2 aliphatic heterocycles. The normalized spacial score (nSPS) is 21.6. The zero-order chi connectivity index (χ0) is 46.3. The number of hydrogen-bond acceptors (Lipinski definition) is 9. The molecule has 18 heteroatoms. The van der Waals surface area contributed by atoms with Crippen molar-refractivity contribution in [1.29, 1.82) is 0 Å². The number of imidazole rings is 1. The van der Waals surface area contributed by atoms with Crippen LogP contribution in [0.1, 0.15) is 108 Å². The number of rotatable bonds is 7. The Morgan fingerprint density at radius 1 is 0.924 bits per heavy atom. The number of fused-ring (bicyclic) bond motifs is 3. The van der Waals surface area contributed by atoms with Gasteiger partial charge in [0.15, 0.2) is 17.5 Å². The third-order valence-corrected chi connectivity index (χ3v) is 14.1. The first-order valence-electron chi connectivity index (χ1n) is 22.0. The smallest absolute Gasteiger partial charge is 0.376 e. The molecule has 66 heavy (non-hydrogen) atoms. The Hall–Kier alpha value is -7.21. The molecule has 8 aromatic rings. The van der Waals surface area contributed by atoms with E-state index in [-0.39, 0.29) is 63.6 Å². The van der Waals surface area contributed by atoms with Crippen LogP contribution in [-0.2, 0) is 17.3 Å². The van der Waals surface area contributed by atoms with Crippen molar-refractivity contribution >= 4 is 33.5 Å². The van der Waals surface area contributed by atoms with Crippen LogP contribution in [0.2, 0.25) is 0 Å². The molecule has 0 radical (unpaired) electrons. The molecule has 16 nitrogen and oxygen atoms in total. The molecule has 2 fully saturated rings. The lowest BCUT2D eigenvalue weighted by Crippen LogP contribution is -2.43. The zero-order valence-electron chi connectivity index (χ0n) is 37.3. The van der Waals surface area contributed by atoms with E-state index in [9.17, 15) is 14.4 Å². The van der Waals surface area contributed by atoms with Crippen LogP contribution >= 0.6 is 0 Å². The van der Waals surface area contributed by atoms with Crippen LogP contribution in [0.4, 0.5) is 8.78 Å². The highest BCUT2D eigenvalue weighted by Crippen LogP contribution is 2.56. The van der Waals surface area contributed by atoms with Crippen LogP contribution in [0.5, 0.6) is 0 Å². The fraction of sp³-hybridized carbons (Fsp3) is 0.354. The SMILES string of the molecule is Cc1cc(-n2nc3c(c2-n2ccn(-c4ccc5c(cnn5C)c4F)c2=O)[C@H](C)N(C(=O)c2cc4cc([C@H]5CCOC(C)(C)C5)ccc4n2[C@@]2(c4noc(=O)[nH]4)C[C@@H]2C)CC3=O)cc(C)c1F. The summed E-state index contributed by atoms with van der Waals surface area (Å²) in [5.41, 5.74) is 1.96. The third-order valence-electron chi connectivity index (χ3n) is 14.1. The van der Waals surface area contributed by atoms with Gasteiger partial charge in [-0.2, -0.15) is 10.2 Å². The van der Waals surface area contributed by atoms with E-state index < -0.39 is 46.4 Å². The Morgan fingerprint density at radius 3 is 2.35 bits per heavy atom. The minimum Gasteiger partial charge on any atom is -0.376 e. The molecule has 0 bridgehead atoms. The van der Waals surface area contributed by atoms with Gasteiger partial charge in [-0.25, -0.2) is 23.1 Å². The molecule has 7 heterocycles. The Morgan fingerprint density at radius 2 is 1.65 bits per heavy atom. The molecule has 0 unspecified atom stereocenters. The summed E-state index contributed by atoms with van der Waals surface area (Å²) in [6.45, 7) is 11.4. The molecule has 5 aromatic heterocycles. The van der Waals surface area contributed by atoms with E-state index in [1.54, 1.807) is 46.0 Å². The Bertz CT molecular complexity index is 3470. The highest BCUT2D eigenvalue weighted by molar-refractivity contribution is 6.06. The number of aryl methyl sites for hydroxylation is 3. The van der Waals surface area contributed by atoms with Crippen molar-refractivity contribution in [2.45, 2.75) is 83.9 Å². The van der Waals surface area contributed by atoms with Gasteiger partial charge in [0, 0.05) is 42.5 Å². The largest absolute Gasteiger partial charge is 0.438 e. The lowest BCUT2D eigenvalue weighted by Gasteiger charge is -2.35. The molecule has 1 saturated carbocycles. The van der Waals surface area contributed by atoms with Gasteiger partial charge >= 0.3 is 11.4 Å². The van der Waals surface area contributed by atoms with Crippen LogP contribution in [0.25, 0.3) is 39.0 Å². The van der Waals surface area contributed by atoms with Gasteiger partial charge in [0.1, 0.15) is 22.7 Å². The molecule has 0 spiro atoms. The fourth-order valence-corrected chi connectivity index (χ4v) is 10.6. The molecule has 1 amide bonds. The van der Waals surface area contributed by atoms with Crippen molar-refractivity contribution in [2.75, 3.05) is 13.2 Å². The quantitative estimate of drug-likeness (QED) is 0.175. The number of ketones is 1. The van der Waals surface area contributed by atoms with Crippen LogP contribution in [0.3, 0.4) is 0 Å². The number of hydrogen-bond donors (Lipinski definition) is 1. The number of aromatic nitrogens is 9. The van der Waals surface area contributed by atoms with Gasteiger partial charge in [-0.3, -0.25) is 32.9 Å². The first kappa shape index (κ1) is 41.5. The average Bonchev–Trinajstić information content (AvgIpc) is 3.92. The topological polar surface area (TPSA) is 173 Å². The van der Waals surface area contributed by atoms with Crippen molar-refractivity contribution in [3.8, 4) is 17.2 Å². The molecule has 1 N–H and O–H groups in total. The van der Waals surface area contributed by atoms with Crippen molar-refractivity contribution < 1.29 is 27.6 Å². The van der Waals surface area contributed by atoms with Crippen molar-refractivity contribution in [3.05, 3.63) is 139 Å². The number of carbonyl (C=O) groups excluding carboxylic acids is 2. The molecule has 1 aliphatic carbocycles. The number of aromatic amines is 1. The van der Waals surface area contributed by atoms with Gasteiger partial charge < -0.3 is 14.2 Å². The van der Waals surface area contributed by atoms with E-state index in [1.807, 2.05) is 23.6 Å². The van der Waals surface area contributed by atoms with Gasteiger partial charge in [-0.1, -0.05) is 18.1 Å². The maximum Gasteiger partial charge on any atom is 0.438 e. The molecule has 1 saturated heterocycles. The second kappa shape index (κ2) is 14.4. The predicted octanol–water partition coefficient (Wildman–Crippen LogP) is 7.08. The van der Waals surface area contributed by atoms with Gasteiger partial charge in [0.2, 0.25) is 5.78 Å². The van der Waals surface area contributed by atoms with E-state index in [1.165, 1.54) is 43.5 Å². The molecule has 3 aromatic carbocycles. The maximum absolute atomic E-state index is 16.1. The summed E-state index contributed by atoms with van der Waals surface area (Å²) in [6.07, 6.45) is 6.46. The van der Waals surface area contributed by atoms with Crippen LogP contribution in [0, 0.1) is 31.4 Å². The Labute approximate surface area is 375 Å². The fourth-order valence-electron chi connectivity index (χ4n) is 10.6. The predicted molar refractivity (Wildman–Crippen MR) is 238 cm³/mol. The number of ether oxygens (including phenoxy) is 1. The number of nitrogens with one attached hydrogen (secondary N) is 1. The second-order valence-electron chi connectivity index (χ2n) is 18.8. The van der Waals surface area contributed by atoms with Crippen molar-refractivity contribution in [3.63, 3.8) is 0 Å². The minimum atomic E-state index is -0.950. The van der Waals surface area contributed by atoms with E-state index >= 15 is 13.6 Å². The first-order valence-corrected chi connectivity index (χ1v) is 22.0. The maximum atomic E-state index is 16.1. The van der Waals surface area contributed by atoms with E-state index in [2.05, 4.69) is 41.2 Å². The van der Waals surface area contributed by atoms with Crippen molar-refractivity contribution in [1.82, 2.24) is 48.3 Å². The Balaban J connectivity index is 1.08. The summed E-state index contributed by atoms with van der Waals surface area (Å²) < 4.78 is 49.6. The number of H-pyrrole nitrogens is 1. The number of amides is 1. The second-order valence-corrected chi connectivity index (χ2v) is 18.8. The van der Waals surface area contributed by atoms with Crippen LogP contribution in [-0.4, -0.2) is 78.7 Å². The zero-order valence-corrected chi connectivity index (χ0v) is 37.3. The molecule has 11 rings (SSSR count). The number of carbonyl (C=O) groups is 2. The third kappa shape index (κ3) is 6.06. The molecule has 3 aliphatic rings. The monoisotopic (exact) mass is 896 g/mol.